The first-order valence-corrected chi connectivity index (χ1v) is 5.42. The number of carbonyl (C=O) groups is 1. The van der Waals surface area contributed by atoms with E-state index in [0.29, 0.717) is 6.54 Å². The van der Waals surface area contributed by atoms with Gasteiger partial charge in [-0.2, -0.15) is 0 Å². The zero-order valence-electron chi connectivity index (χ0n) is 9.23. The van der Waals surface area contributed by atoms with Crippen LogP contribution < -0.4 is 11.1 Å². The number of amides is 1. The minimum Gasteiger partial charge on any atom is -0.354 e. The van der Waals surface area contributed by atoms with Crippen molar-refractivity contribution in [1.29, 1.82) is 0 Å². The number of rotatable bonds is 4. The van der Waals surface area contributed by atoms with Crippen LogP contribution in [-0.4, -0.2) is 23.5 Å². The van der Waals surface area contributed by atoms with Gasteiger partial charge in [0.2, 0.25) is 5.91 Å². The zero-order valence-corrected chi connectivity index (χ0v) is 11.7. The van der Waals surface area contributed by atoms with E-state index in [9.17, 15) is 4.79 Å². The maximum absolute atomic E-state index is 11.1. The van der Waals surface area contributed by atoms with Crippen molar-refractivity contribution in [3.63, 3.8) is 0 Å². The molecule has 7 heteroatoms. The molecule has 0 aliphatic rings. The number of carbonyl (C=O) groups excluding carboxylic acids is 1. The van der Waals surface area contributed by atoms with Crippen LogP contribution in [0.5, 0.6) is 0 Å². The van der Waals surface area contributed by atoms with E-state index >= 15 is 0 Å². The average molecular weight is 286 g/mol. The highest BCUT2D eigenvalue weighted by atomic mass is 35.5. The summed E-state index contributed by atoms with van der Waals surface area (Å²) in [6.07, 6.45) is 0.767. The van der Waals surface area contributed by atoms with E-state index in [1.54, 1.807) is 18.3 Å². The number of halogens is 2. The number of thiazole rings is 1. The third-order valence-electron chi connectivity index (χ3n) is 1.76. The van der Waals surface area contributed by atoms with Gasteiger partial charge < -0.3 is 11.1 Å². The van der Waals surface area contributed by atoms with Gasteiger partial charge in [-0.1, -0.05) is 0 Å². The van der Waals surface area contributed by atoms with Gasteiger partial charge in [-0.15, -0.1) is 36.2 Å². The van der Waals surface area contributed by atoms with Crippen molar-refractivity contribution in [3.8, 4) is 0 Å². The lowest BCUT2D eigenvalue weighted by Crippen LogP contribution is -2.39. The second-order valence-electron chi connectivity index (χ2n) is 3.19. The third kappa shape index (κ3) is 6.27. The molecule has 1 atom stereocenters. The lowest BCUT2D eigenvalue weighted by Gasteiger charge is -2.05. The Morgan fingerprint density at radius 3 is 2.69 bits per heavy atom. The topological polar surface area (TPSA) is 68.0 Å². The molecule has 1 rings (SSSR count). The Labute approximate surface area is 112 Å². The summed E-state index contributed by atoms with van der Waals surface area (Å²) in [5.41, 5.74) is 6.42. The lowest BCUT2D eigenvalue weighted by molar-refractivity contribution is -0.121. The maximum Gasteiger partial charge on any atom is 0.236 e. The summed E-state index contributed by atoms with van der Waals surface area (Å²) in [4.78, 5) is 15.4. The van der Waals surface area contributed by atoms with Crippen LogP contribution in [0.25, 0.3) is 0 Å². The van der Waals surface area contributed by atoms with Crippen molar-refractivity contribution in [2.45, 2.75) is 26.3 Å². The number of nitrogens with one attached hydrogen (secondary N) is 1. The number of nitrogens with zero attached hydrogens (tertiary/aromatic N) is 1. The monoisotopic (exact) mass is 285 g/mol. The number of aromatic nitrogens is 1. The Bertz CT molecular complexity index is 317. The number of hydrogen-bond acceptors (Lipinski definition) is 4. The molecule has 16 heavy (non-hydrogen) atoms. The van der Waals surface area contributed by atoms with Crippen molar-refractivity contribution in [2.24, 2.45) is 5.73 Å². The Balaban J connectivity index is 0. The first kappa shape index (κ1) is 18.0. The first-order valence-electron chi connectivity index (χ1n) is 4.54. The van der Waals surface area contributed by atoms with Gasteiger partial charge >= 0.3 is 0 Å². The molecule has 0 fully saturated rings. The fourth-order valence-corrected chi connectivity index (χ4v) is 1.64. The standard InChI is InChI=1S/C9H15N3OS.2ClH/c1-6(10)9(13)11-4-3-8-5-14-7(2)12-8;;/h5-6H,3-4,10H2,1-2H3,(H,11,13);2*1H/t6-;;/m0../s1. The van der Waals surface area contributed by atoms with Crippen LogP contribution >= 0.6 is 36.2 Å². The van der Waals surface area contributed by atoms with Gasteiger partial charge in [0.1, 0.15) is 0 Å². The Hall–Kier alpha value is -0.360. The Morgan fingerprint density at radius 1 is 1.62 bits per heavy atom. The zero-order chi connectivity index (χ0) is 10.6. The molecule has 1 aromatic heterocycles. The predicted molar refractivity (Wildman–Crippen MR) is 71.7 cm³/mol. The molecule has 0 aliphatic heterocycles. The lowest BCUT2D eigenvalue weighted by atomic mass is 10.3. The van der Waals surface area contributed by atoms with Gasteiger partial charge in [0.15, 0.2) is 0 Å². The second kappa shape index (κ2) is 8.75. The molecule has 1 heterocycles. The van der Waals surface area contributed by atoms with Crippen LogP contribution in [0.2, 0.25) is 0 Å². The summed E-state index contributed by atoms with van der Waals surface area (Å²) in [7, 11) is 0. The Morgan fingerprint density at radius 2 is 2.25 bits per heavy atom. The van der Waals surface area contributed by atoms with Gasteiger partial charge in [0, 0.05) is 18.3 Å². The second-order valence-corrected chi connectivity index (χ2v) is 4.25. The SMILES string of the molecule is Cc1nc(CCNC(=O)[C@H](C)N)cs1.Cl.Cl. The predicted octanol–water partition coefficient (Wildman–Crippen LogP) is 1.30. The summed E-state index contributed by atoms with van der Waals surface area (Å²) in [5.74, 6) is -0.114. The minimum absolute atomic E-state index is 0. The molecule has 94 valence electrons. The van der Waals surface area contributed by atoms with E-state index in [2.05, 4.69) is 10.3 Å². The van der Waals surface area contributed by atoms with Crippen LogP contribution in [0.1, 0.15) is 17.6 Å². The van der Waals surface area contributed by atoms with Gasteiger partial charge in [-0.3, -0.25) is 4.79 Å². The van der Waals surface area contributed by atoms with E-state index in [-0.39, 0.29) is 30.7 Å². The molecule has 4 nitrogen and oxygen atoms in total. The van der Waals surface area contributed by atoms with Crippen molar-refractivity contribution in [1.82, 2.24) is 10.3 Å². The summed E-state index contributed by atoms with van der Waals surface area (Å²) >= 11 is 1.62. The summed E-state index contributed by atoms with van der Waals surface area (Å²) < 4.78 is 0. The van der Waals surface area contributed by atoms with Crippen LogP contribution in [-0.2, 0) is 11.2 Å². The molecule has 0 aromatic carbocycles. The smallest absolute Gasteiger partial charge is 0.236 e. The molecule has 3 N–H and O–H groups in total. The van der Waals surface area contributed by atoms with Gasteiger partial charge in [0.05, 0.1) is 16.7 Å². The van der Waals surface area contributed by atoms with E-state index in [1.807, 2.05) is 12.3 Å². The van der Waals surface area contributed by atoms with Crippen LogP contribution in [0.15, 0.2) is 5.38 Å². The molecule has 0 radical (unpaired) electrons. The van der Waals surface area contributed by atoms with Crippen molar-refractivity contribution >= 4 is 42.1 Å². The first-order chi connectivity index (χ1) is 6.59. The van der Waals surface area contributed by atoms with Crippen LogP contribution in [0.4, 0.5) is 0 Å². The molecular weight excluding hydrogens is 269 g/mol. The number of aryl methyl sites for hydroxylation is 1. The highest BCUT2D eigenvalue weighted by Crippen LogP contribution is 2.07. The van der Waals surface area contributed by atoms with Crippen LogP contribution in [0.3, 0.4) is 0 Å². The quantitative estimate of drug-likeness (QED) is 0.876. The molecular formula is C9H17Cl2N3OS. The van der Waals surface area contributed by atoms with Gasteiger partial charge in [0.25, 0.3) is 0 Å². The highest BCUT2D eigenvalue weighted by Gasteiger charge is 2.06. The van der Waals surface area contributed by atoms with E-state index in [1.165, 1.54) is 0 Å². The van der Waals surface area contributed by atoms with E-state index in [4.69, 9.17) is 5.73 Å². The Kier molecular flexibility index (Phi) is 9.86. The van der Waals surface area contributed by atoms with Crippen molar-refractivity contribution in [2.75, 3.05) is 6.54 Å². The molecule has 0 spiro atoms. The van der Waals surface area contributed by atoms with E-state index in [0.717, 1.165) is 17.1 Å². The summed E-state index contributed by atoms with van der Waals surface area (Å²) in [6, 6.07) is -0.438. The molecule has 0 aliphatic carbocycles. The van der Waals surface area contributed by atoms with Crippen molar-refractivity contribution in [3.05, 3.63) is 16.1 Å². The number of nitrogens with two attached hydrogens (primary N) is 1. The van der Waals surface area contributed by atoms with Crippen LogP contribution in [0, 0.1) is 6.92 Å². The molecule has 0 unspecified atom stereocenters. The molecule has 1 aromatic rings. The molecule has 1 amide bonds. The summed E-state index contributed by atoms with van der Waals surface area (Å²) in [5, 5.41) is 5.80. The van der Waals surface area contributed by atoms with Crippen molar-refractivity contribution < 1.29 is 4.79 Å². The van der Waals surface area contributed by atoms with Gasteiger partial charge in [-0.25, -0.2) is 4.98 Å². The average Bonchev–Trinajstić information content (AvgIpc) is 2.51. The molecule has 0 saturated carbocycles. The number of hydrogen-bond donors (Lipinski definition) is 2. The van der Waals surface area contributed by atoms with Gasteiger partial charge in [-0.05, 0) is 13.8 Å². The fraction of sp³-hybridized carbons (Fsp3) is 0.556. The normalized spacial score (nSPS) is 10.9. The fourth-order valence-electron chi connectivity index (χ4n) is 0.998. The molecule has 0 saturated heterocycles. The third-order valence-corrected chi connectivity index (χ3v) is 2.58. The maximum atomic E-state index is 11.1. The highest BCUT2D eigenvalue weighted by molar-refractivity contribution is 7.09. The minimum atomic E-state index is -0.438. The largest absolute Gasteiger partial charge is 0.354 e. The molecule has 0 bridgehead atoms. The van der Waals surface area contributed by atoms with E-state index < -0.39 is 6.04 Å². The summed E-state index contributed by atoms with van der Waals surface area (Å²) in [6.45, 7) is 4.24.